The molecule has 0 heterocycles. The highest BCUT2D eigenvalue weighted by atomic mass is 19.1. The Bertz CT molecular complexity index is 350. The molecule has 0 aromatic heterocycles. The van der Waals surface area contributed by atoms with Gasteiger partial charge in [0.1, 0.15) is 5.82 Å². The van der Waals surface area contributed by atoms with Gasteiger partial charge in [0.05, 0.1) is 6.42 Å². The van der Waals surface area contributed by atoms with E-state index in [1.807, 2.05) is 0 Å². The fourth-order valence-corrected chi connectivity index (χ4v) is 1.48. The summed E-state index contributed by atoms with van der Waals surface area (Å²) in [6.45, 7) is 1.97. The summed E-state index contributed by atoms with van der Waals surface area (Å²) in [7, 11) is 0. The summed E-state index contributed by atoms with van der Waals surface area (Å²) in [5, 5.41) is 8.77. The number of aliphatic carboxylic acids is 1. The quantitative estimate of drug-likeness (QED) is 0.793. The number of halogens is 1. The SMILES string of the molecule is CC(CN)(CC(=O)O)c1ccc(F)cc1. The van der Waals surface area contributed by atoms with Gasteiger partial charge in [-0.15, -0.1) is 0 Å². The van der Waals surface area contributed by atoms with Crippen molar-refractivity contribution in [1.82, 2.24) is 0 Å². The Balaban J connectivity index is 3.00. The Labute approximate surface area is 87.7 Å². The number of rotatable bonds is 4. The number of hydrogen-bond donors (Lipinski definition) is 2. The van der Waals surface area contributed by atoms with Gasteiger partial charge in [-0.3, -0.25) is 4.79 Å². The first-order chi connectivity index (χ1) is 6.98. The maximum atomic E-state index is 12.7. The Kier molecular flexibility index (Phi) is 3.42. The third-order valence-corrected chi connectivity index (χ3v) is 2.53. The molecule has 0 saturated heterocycles. The Morgan fingerprint density at radius 3 is 2.40 bits per heavy atom. The topological polar surface area (TPSA) is 63.3 Å². The lowest BCUT2D eigenvalue weighted by Crippen LogP contribution is -2.34. The van der Waals surface area contributed by atoms with E-state index in [9.17, 15) is 9.18 Å². The van der Waals surface area contributed by atoms with Crippen LogP contribution in [0.2, 0.25) is 0 Å². The molecule has 1 aromatic carbocycles. The van der Waals surface area contributed by atoms with Crippen molar-refractivity contribution in [3.05, 3.63) is 35.6 Å². The lowest BCUT2D eigenvalue weighted by atomic mass is 9.79. The van der Waals surface area contributed by atoms with Gasteiger partial charge in [-0.25, -0.2) is 4.39 Å². The fraction of sp³-hybridized carbons (Fsp3) is 0.364. The first-order valence-electron chi connectivity index (χ1n) is 4.66. The second-order valence-electron chi connectivity index (χ2n) is 3.84. The zero-order valence-electron chi connectivity index (χ0n) is 8.53. The molecule has 15 heavy (non-hydrogen) atoms. The van der Waals surface area contributed by atoms with E-state index in [1.165, 1.54) is 12.1 Å². The molecule has 0 aliphatic rings. The van der Waals surface area contributed by atoms with E-state index in [0.717, 1.165) is 5.56 Å². The average molecular weight is 211 g/mol. The molecule has 0 amide bonds. The van der Waals surface area contributed by atoms with E-state index in [1.54, 1.807) is 19.1 Å². The number of carbonyl (C=O) groups is 1. The summed E-state index contributed by atoms with van der Waals surface area (Å²) in [6.07, 6.45) is -0.0604. The van der Waals surface area contributed by atoms with Crippen molar-refractivity contribution in [2.45, 2.75) is 18.8 Å². The molecule has 1 rings (SSSR count). The number of benzene rings is 1. The highest BCUT2D eigenvalue weighted by Crippen LogP contribution is 2.26. The van der Waals surface area contributed by atoms with Gasteiger partial charge >= 0.3 is 5.97 Å². The minimum absolute atomic E-state index is 0.0604. The molecule has 1 atom stereocenters. The minimum Gasteiger partial charge on any atom is -0.481 e. The highest BCUT2D eigenvalue weighted by Gasteiger charge is 2.27. The van der Waals surface area contributed by atoms with Crippen molar-refractivity contribution in [3.8, 4) is 0 Å². The van der Waals surface area contributed by atoms with Gasteiger partial charge in [0.2, 0.25) is 0 Å². The van der Waals surface area contributed by atoms with Crippen LogP contribution in [0.5, 0.6) is 0 Å². The van der Waals surface area contributed by atoms with Crippen LogP contribution in [0.3, 0.4) is 0 Å². The zero-order valence-corrected chi connectivity index (χ0v) is 8.53. The van der Waals surface area contributed by atoms with Crippen LogP contribution < -0.4 is 5.73 Å². The van der Waals surface area contributed by atoms with Crippen LogP contribution in [-0.2, 0) is 10.2 Å². The number of carboxylic acid groups (broad SMARTS) is 1. The molecule has 0 saturated carbocycles. The van der Waals surface area contributed by atoms with Crippen molar-refractivity contribution in [3.63, 3.8) is 0 Å². The van der Waals surface area contributed by atoms with Gasteiger partial charge < -0.3 is 10.8 Å². The van der Waals surface area contributed by atoms with Crippen LogP contribution in [-0.4, -0.2) is 17.6 Å². The van der Waals surface area contributed by atoms with E-state index in [2.05, 4.69) is 0 Å². The normalized spacial score (nSPS) is 14.6. The smallest absolute Gasteiger partial charge is 0.304 e. The van der Waals surface area contributed by atoms with Crippen LogP contribution in [0.4, 0.5) is 4.39 Å². The highest BCUT2D eigenvalue weighted by molar-refractivity contribution is 5.69. The van der Waals surface area contributed by atoms with Crippen molar-refractivity contribution in [1.29, 1.82) is 0 Å². The Morgan fingerprint density at radius 2 is 2.00 bits per heavy atom. The standard InChI is InChI=1S/C11H14FNO2/c1-11(7-13,6-10(14)15)8-2-4-9(12)5-3-8/h2-5H,6-7,13H2,1H3,(H,14,15). The molecule has 0 bridgehead atoms. The van der Waals surface area contributed by atoms with Crippen molar-refractivity contribution >= 4 is 5.97 Å². The van der Waals surface area contributed by atoms with E-state index in [4.69, 9.17) is 10.8 Å². The van der Waals surface area contributed by atoms with Gasteiger partial charge in [-0.1, -0.05) is 19.1 Å². The molecule has 1 unspecified atom stereocenters. The van der Waals surface area contributed by atoms with Gasteiger partial charge in [0.25, 0.3) is 0 Å². The zero-order chi connectivity index (χ0) is 11.5. The van der Waals surface area contributed by atoms with E-state index < -0.39 is 11.4 Å². The molecule has 0 fully saturated rings. The number of hydrogen-bond acceptors (Lipinski definition) is 2. The lowest BCUT2D eigenvalue weighted by Gasteiger charge is -2.26. The predicted octanol–water partition coefficient (Wildman–Crippen LogP) is 1.52. The van der Waals surface area contributed by atoms with Crippen LogP contribution in [0.25, 0.3) is 0 Å². The molecule has 0 aliphatic heterocycles. The van der Waals surface area contributed by atoms with Gasteiger partial charge in [0.15, 0.2) is 0 Å². The summed E-state index contributed by atoms with van der Waals surface area (Å²) in [5.74, 6) is -1.25. The summed E-state index contributed by atoms with van der Waals surface area (Å²) in [4.78, 5) is 10.7. The monoisotopic (exact) mass is 211 g/mol. The van der Waals surface area contributed by atoms with Crippen molar-refractivity contribution in [2.75, 3.05) is 6.54 Å². The molecule has 0 spiro atoms. The lowest BCUT2D eigenvalue weighted by molar-refractivity contribution is -0.138. The van der Waals surface area contributed by atoms with Crippen molar-refractivity contribution < 1.29 is 14.3 Å². The summed E-state index contributed by atoms with van der Waals surface area (Å²) in [5.41, 5.74) is 5.67. The second kappa shape index (κ2) is 4.40. The molecule has 3 N–H and O–H groups in total. The number of nitrogens with two attached hydrogens (primary N) is 1. The predicted molar refractivity (Wildman–Crippen MR) is 55.1 cm³/mol. The largest absolute Gasteiger partial charge is 0.481 e. The Morgan fingerprint density at radius 1 is 1.47 bits per heavy atom. The minimum atomic E-state index is -0.910. The third-order valence-electron chi connectivity index (χ3n) is 2.53. The van der Waals surface area contributed by atoms with Crippen LogP contribution >= 0.6 is 0 Å². The maximum Gasteiger partial charge on any atom is 0.304 e. The van der Waals surface area contributed by atoms with Crippen LogP contribution in [0.1, 0.15) is 18.9 Å². The maximum absolute atomic E-state index is 12.7. The fourth-order valence-electron chi connectivity index (χ4n) is 1.48. The summed E-state index contributed by atoms with van der Waals surface area (Å²) in [6, 6.07) is 5.77. The molecule has 0 radical (unpaired) electrons. The van der Waals surface area contributed by atoms with Crippen LogP contribution in [0, 0.1) is 5.82 Å². The van der Waals surface area contributed by atoms with Crippen LogP contribution in [0.15, 0.2) is 24.3 Å². The Hall–Kier alpha value is -1.42. The molecule has 0 aliphatic carbocycles. The van der Waals surface area contributed by atoms with Gasteiger partial charge in [-0.2, -0.15) is 0 Å². The molecule has 82 valence electrons. The second-order valence-corrected chi connectivity index (χ2v) is 3.84. The molecule has 4 heteroatoms. The molecule has 3 nitrogen and oxygen atoms in total. The van der Waals surface area contributed by atoms with E-state index in [0.29, 0.717) is 0 Å². The third kappa shape index (κ3) is 2.76. The van der Waals surface area contributed by atoms with Gasteiger partial charge in [-0.05, 0) is 17.7 Å². The van der Waals surface area contributed by atoms with Gasteiger partial charge in [0, 0.05) is 12.0 Å². The molecule has 1 aromatic rings. The number of carboxylic acids is 1. The first-order valence-corrected chi connectivity index (χ1v) is 4.66. The molecular formula is C11H14FNO2. The van der Waals surface area contributed by atoms with E-state index >= 15 is 0 Å². The first kappa shape index (κ1) is 11.7. The molecular weight excluding hydrogens is 197 g/mol. The van der Waals surface area contributed by atoms with E-state index in [-0.39, 0.29) is 18.8 Å². The summed E-state index contributed by atoms with van der Waals surface area (Å²) >= 11 is 0. The summed E-state index contributed by atoms with van der Waals surface area (Å²) < 4.78 is 12.7. The van der Waals surface area contributed by atoms with Crippen molar-refractivity contribution in [2.24, 2.45) is 5.73 Å². The average Bonchev–Trinajstić information content (AvgIpc) is 2.17.